The van der Waals surface area contributed by atoms with E-state index in [-0.39, 0.29) is 19.5 Å². The van der Waals surface area contributed by atoms with Gasteiger partial charge in [0.25, 0.3) is 0 Å². The fourth-order valence-electron chi connectivity index (χ4n) is 2.04. The predicted octanol–water partition coefficient (Wildman–Crippen LogP) is 2.96. The van der Waals surface area contributed by atoms with Gasteiger partial charge >= 0.3 is 6.18 Å². The molecule has 1 aromatic rings. The molecule has 0 bridgehead atoms. The molecule has 0 fully saturated rings. The molecule has 0 spiro atoms. The number of hydrogen-bond acceptors (Lipinski definition) is 3. The van der Waals surface area contributed by atoms with Crippen LogP contribution in [0.15, 0.2) is 23.9 Å². The molecule has 0 unspecified atom stereocenters. The van der Waals surface area contributed by atoms with Gasteiger partial charge in [0, 0.05) is 24.9 Å². The fraction of sp³-hybridized carbons (Fsp3) is 0.385. The summed E-state index contributed by atoms with van der Waals surface area (Å²) >= 11 is 0. The lowest BCUT2D eigenvalue weighted by atomic mass is 10.1. The number of hydrogen-bond donors (Lipinski definition) is 0. The molecule has 2 heterocycles. The molecule has 6 heteroatoms. The van der Waals surface area contributed by atoms with Crippen LogP contribution in [-0.4, -0.2) is 24.2 Å². The Kier molecular flexibility index (Phi) is 3.47. The van der Waals surface area contributed by atoms with Crippen LogP contribution < -0.4 is 4.90 Å². The normalized spacial score (nSPS) is 15.9. The lowest BCUT2D eigenvalue weighted by Crippen LogP contribution is -2.33. The Morgan fingerprint density at radius 3 is 2.68 bits per heavy atom. The van der Waals surface area contributed by atoms with Crippen LogP contribution in [0.5, 0.6) is 0 Å². The molecule has 2 rings (SSSR count). The molecule has 1 aliphatic rings. The summed E-state index contributed by atoms with van der Waals surface area (Å²) in [5.41, 5.74) is 0.694. The van der Waals surface area contributed by atoms with Crippen molar-refractivity contribution in [2.24, 2.45) is 0 Å². The second kappa shape index (κ2) is 4.92. The smallest absolute Gasteiger partial charge is 0.351 e. The van der Waals surface area contributed by atoms with E-state index < -0.39 is 11.7 Å². The molecule has 0 atom stereocenters. The van der Waals surface area contributed by atoms with Crippen molar-refractivity contribution in [2.75, 3.05) is 18.0 Å². The van der Waals surface area contributed by atoms with Crippen LogP contribution >= 0.6 is 0 Å². The average molecular weight is 267 g/mol. The molecule has 19 heavy (non-hydrogen) atoms. The van der Waals surface area contributed by atoms with Gasteiger partial charge in [-0.3, -0.25) is 0 Å². The second-order valence-corrected chi connectivity index (χ2v) is 4.36. The van der Waals surface area contributed by atoms with Crippen molar-refractivity contribution in [3.8, 4) is 6.07 Å². The highest BCUT2D eigenvalue weighted by Crippen LogP contribution is 2.32. The van der Waals surface area contributed by atoms with Crippen LogP contribution in [-0.2, 0) is 0 Å². The van der Waals surface area contributed by atoms with Crippen molar-refractivity contribution in [2.45, 2.75) is 19.5 Å². The van der Waals surface area contributed by atoms with E-state index in [1.54, 1.807) is 24.1 Å². The van der Waals surface area contributed by atoms with E-state index in [0.717, 1.165) is 11.6 Å². The summed E-state index contributed by atoms with van der Waals surface area (Å²) in [5, 5.41) is 9.10. The van der Waals surface area contributed by atoms with Crippen LogP contribution in [0.1, 0.15) is 17.5 Å². The highest BCUT2D eigenvalue weighted by molar-refractivity contribution is 5.58. The number of aromatic nitrogens is 1. The molecule has 0 aliphatic carbocycles. The molecule has 3 nitrogen and oxygen atoms in total. The second-order valence-electron chi connectivity index (χ2n) is 4.36. The van der Waals surface area contributed by atoms with Gasteiger partial charge < -0.3 is 4.90 Å². The minimum absolute atomic E-state index is 0.0794. The summed E-state index contributed by atoms with van der Waals surface area (Å²) in [7, 11) is 0. The Labute approximate surface area is 109 Å². The molecule has 0 amide bonds. The molecule has 0 saturated heterocycles. The summed E-state index contributed by atoms with van der Waals surface area (Å²) in [4.78, 5) is 5.81. The summed E-state index contributed by atoms with van der Waals surface area (Å²) in [6.45, 7) is 2.13. The van der Waals surface area contributed by atoms with Gasteiger partial charge in [-0.1, -0.05) is 6.08 Å². The molecule has 0 aromatic carbocycles. The van der Waals surface area contributed by atoms with E-state index in [1.807, 2.05) is 0 Å². The highest BCUT2D eigenvalue weighted by Gasteiger charge is 2.35. The molecule has 1 aliphatic heterocycles. The zero-order chi connectivity index (χ0) is 14.0. The van der Waals surface area contributed by atoms with E-state index in [2.05, 4.69) is 11.1 Å². The monoisotopic (exact) mass is 267 g/mol. The Hall–Kier alpha value is -2.03. The van der Waals surface area contributed by atoms with Crippen LogP contribution in [0.4, 0.5) is 19.0 Å². The Bertz CT molecular complexity index is 555. The third-order valence-electron chi connectivity index (χ3n) is 3.12. The number of aryl methyl sites for hydroxylation is 1. The van der Waals surface area contributed by atoms with Gasteiger partial charge in [-0.2, -0.15) is 18.4 Å². The summed E-state index contributed by atoms with van der Waals surface area (Å²) < 4.78 is 37.6. The van der Waals surface area contributed by atoms with Crippen LogP contribution in [0.25, 0.3) is 0 Å². The van der Waals surface area contributed by atoms with Crippen molar-refractivity contribution in [3.05, 3.63) is 35.0 Å². The predicted molar refractivity (Wildman–Crippen MR) is 64.7 cm³/mol. The zero-order valence-electron chi connectivity index (χ0n) is 10.3. The number of pyridine rings is 1. The van der Waals surface area contributed by atoms with E-state index >= 15 is 0 Å². The summed E-state index contributed by atoms with van der Waals surface area (Å²) in [6, 6.07) is 3.77. The van der Waals surface area contributed by atoms with E-state index in [9.17, 15) is 13.2 Å². The van der Waals surface area contributed by atoms with E-state index in [0.29, 0.717) is 11.4 Å². The van der Waals surface area contributed by atoms with Crippen molar-refractivity contribution in [1.82, 2.24) is 4.98 Å². The number of rotatable bonds is 1. The van der Waals surface area contributed by atoms with Gasteiger partial charge in [0.05, 0.1) is 5.56 Å². The molecule has 0 radical (unpaired) electrons. The van der Waals surface area contributed by atoms with Crippen LogP contribution in [0.3, 0.4) is 0 Å². The van der Waals surface area contributed by atoms with E-state index in [1.165, 1.54) is 0 Å². The van der Waals surface area contributed by atoms with Crippen molar-refractivity contribution < 1.29 is 13.2 Å². The van der Waals surface area contributed by atoms with Gasteiger partial charge in [-0.25, -0.2) is 4.98 Å². The number of nitrogens with zero attached hydrogens (tertiary/aromatic N) is 3. The van der Waals surface area contributed by atoms with Crippen LogP contribution in [0, 0.1) is 18.3 Å². The largest absolute Gasteiger partial charge is 0.412 e. The molecular weight excluding hydrogens is 255 g/mol. The zero-order valence-corrected chi connectivity index (χ0v) is 10.3. The summed E-state index contributed by atoms with van der Waals surface area (Å²) in [5.74, 6) is 0.458. The maximum Gasteiger partial charge on any atom is 0.412 e. The van der Waals surface area contributed by atoms with Gasteiger partial charge in [-0.05, 0) is 25.0 Å². The quantitative estimate of drug-likeness (QED) is 0.734. The first-order chi connectivity index (χ1) is 8.93. The minimum atomic E-state index is -4.26. The molecular formula is C13H12F3N3. The molecule has 1 aromatic heterocycles. The Balaban J connectivity index is 2.26. The van der Waals surface area contributed by atoms with Gasteiger partial charge in [-0.15, -0.1) is 0 Å². The minimum Gasteiger partial charge on any atom is -0.351 e. The molecule has 100 valence electrons. The number of alkyl halides is 3. The summed E-state index contributed by atoms with van der Waals surface area (Å²) in [6.07, 6.45) is -1.61. The Morgan fingerprint density at radius 1 is 1.42 bits per heavy atom. The van der Waals surface area contributed by atoms with Crippen molar-refractivity contribution in [1.29, 1.82) is 5.26 Å². The Morgan fingerprint density at radius 2 is 2.16 bits per heavy atom. The van der Waals surface area contributed by atoms with Crippen molar-refractivity contribution >= 4 is 5.82 Å². The standard InChI is InChI=1S/C13H12F3N3/c1-9-2-5-18-12(11(9)8-17)19-6-3-10(4-7-19)13(14,15)16/h2-3,5H,4,6-7H2,1H3. The number of halogens is 3. The average Bonchev–Trinajstić information content (AvgIpc) is 2.37. The first-order valence-corrected chi connectivity index (χ1v) is 5.80. The van der Waals surface area contributed by atoms with Gasteiger partial charge in [0.15, 0.2) is 0 Å². The molecule has 0 saturated carbocycles. The van der Waals surface area contributed by atoms with Gasteiger partial charge in [0.2, 0.25) is 0 Å². The maximum absolute atomic E-state index is 12.5. The fourth-order valence-corrected chi connectivity index (χ4v) is 2.04. The first kappa shape index (κ1) is 13.4. The van der Waals surface area contributed by atoms with Crippen LogP contribution in [0.2, 0.25) is 0 Å². The highest BCUT2D eigenvalue weighted by atomic mass is 19.4. The number of anilines is 1. The molecule has 0 N–H and O–H groups in total. The van der Waals surface area contributed by atoms with Gasteiger partial charge in [0.1, 0.15) is 11.9 Å². The lowest BCUT2D eigenvalue weighted by molar-refractivity contribution is -0.0944. The van der Waals surface area contributed by atoms with E-state index in [4.69, 9.17) is 5.26 Å². The SMILES string of the molecule is Cc1ccnc(N2CC=C(C(F)(F)F)CC2)c1C#N. The third-order valence-corrected chi connectivity index (χ3v) is 3.12. The number of nitriles is 1. The topological polar surface area (TPSA) is 39.9 Å². The first-order valence-electron chi connectivity index (χ1n) is 5.80. The lowest BCUT2D eigenvalue weighted by Gasteiger charge is -2.29. The third kappa shape index (κ3) is 2.70. The van der Waals surface area contributed by atoms with Crippen molar-refractivity contribution in [3.63, 3.8) is 0 Å². The maximum atomic E-state index is 12.5.